The first-order valence-corrected chi connectivity index (χ1v) is 5.82. The van der Waals surface area contributed by atoms with E-state index in [4.69, 9.17) is 11.6 Å². The van der Waals surface area contributed by atoms with Gasteiger partial charge in [0.25, 0.3) is 0 Å². The highest BCUT2D eigenvalue weighted by Crippen LogP contribution is 2.37. The van der Waals surface area contributed by atoms with Crippen molar-refractivity contribution in [2.75, 3.05) is 5.32 Å². The van der Waals surface area contributed by atoms with E-state index in [2.05, 4.69) is 25.2 Å². The third-order valence-corrected chi connectivity index (χ3v) is 2.86. The number of fused-ring (bicyclic) bond motifs is 1. The molecular weight excluding hydrogens is 286 g/mol. The monoisotopic (exact) mass is 291 g/mol. The zero-order chi connectivity index (χ0) is 14.1. The maximum atomic E-state index is 11.2. The predicted octanol–water partition coefficient (Wildman–Crippen LogP) is 2.92. The average molecular weight is 292 g/mol. The average Bonchev–Trinajstić information content (AvgIpc) is 2.89. The van der Waals surface area contributed by atoms with Crippen molar-refractivity contribution in [1.82, 2.24) is 15.3 Å². The Labute approximate surface area is 116 Å². The van der Waals surface area contributed by atoms with Crippen LogP contribution < -0.4 is 5.32 Å². The van der Waals surface area contributed by atoms with Crippen molar-refractivity contribution in [2.45, 2.75) is 0 Å². The number of nitrogens with zero attached hydrogens (tertiary/aromatic N) is 4. The predicted molar refractivity (Wildman–Crippen MR) is 71.0 cm³/mol. The minimum atomic E-state index is -0.575. The van der Waals surface area contributed by atoms with E-state index in [0.29, 0.717) is 5.82 Å². The first kappa shape index (κ1) is 12.3. The molecule has 2 aromatic heterocycles. The second-order valence-electron chi connectivity index (χ2n) is 3.81. The molecule has 100 valence electrons. The SMILES string of the molecule is O=[N+]([O-])c1c(Nc2ccccn2)cc(Cl)c2nonc12. The third-order valence-electron chi connectivity index (χ3n) is 2.58. The first-order valence-electron chi connectivity index (χ1n) is 5.44. The van der Waals surface area contributed by atoms with Gasteiger partial charge in [0, 0.05) is 6.20 Å². The van der Waals surface area contributed by atoms with Gasteiger partial charge in [0.15, 0.2) is 5.52 Å². The van der Waals surface area contributed by atoms with Gasteiger partial charge < -0.3 is 5.32 Å². The largest absolute Gasteiger partial charge is 0.335 e. The molecule has 0 aliphatic rings. The number of aromatic nitrogens is 3. The van der Waals surface area contributed by atoms with Crippen LogP contribution in [-0.2, 0) is 0 Å². The van der Waals surface area contributed by atoms with Gasteiger partial charge in [-0.1, -0.05) is 17.7 Å². The van der Waals surface area contributed by atoms with Crippen LogP contribution in [-0.4, -0.2) is 20.2 Å². The van der Waals surface area contributed by atoms with E-state index < -0.39 is 4.92 Å². The van der Waals surface area contributed by atoms with Crippen LogP contribution in [0.1, 0.15) is 0 Å². The van der Waals surface area contributed by atoms with Gasteiger partial charge in [-0.25, -0.2) is 9.61 Å². The van der Waals surface area contributed by atoms with Crippen molar-refractivity contribution in [2.24, 2.45) is 0 Å². The lowest BCUT2D eigenvalue weighted by molar-refractivity contribution is -0.382. The molecule has 0 aliphatic carbocycles. The summed E-state index contributed by atoms with van der Waals surface area (Å²) in [6.45, 7) is 0. The molecule has 0 unspecified atom stereocenters. The van der Waals surface area contributed by atoms with Crippen LogP contribution in [0.15, 0.2) is 35.1 Å². The summed E-state index contributed by atoms with van der Waals surface area (Å²) in [7, 11) is 0. The summed E-state index contributed by atoms with van der Waals surface area (Å²) < 4.78 is 4.51. The van der Waals surface area contributed by atoms with Gasteiger partial charge in [0.05, 0.1) is 9.95 Å². The van der Waals surface area contributed by atoms with Crippen molar-refractivity contribution < 1.29 is 9.55 Å². The number of hydrogen-bond donors (Lipinski definition) is 1. The Morgan fingerprint density at radius 3 is 2.80 bits per heavy atom. The number of nitro groups is 1. The number of pyridine rings is 1. The Kier molecular flexibility index (Phi) is 2.92. The molecule has 20 heavy (non-hydrogen) atoms. The summed E-state index contributed by atoms with van der Waals surface area (Å²) in [6, 6.07) is 6.54. The van der Waals surface area contributed by atoms with E-state index in [-0.39, 0.29) is 27.4 Å². The van der Waals surface area contributed by atoms with Gasteiger partial charge in [-0.3, -0.25) is 10.1 Å². The molecule has 8 nitrogen and oxygen atoms in total. The number of anilines is 2. The Bertz CT molecular complexity index is 789. The van der Waals surface area contributed by atoms with E-state index in [1.807, 2.05) is 0 Å². The van der Waals surface area contributed by atoms with Gasteiger partial charge in [-0.15, -0.1) is 0 Å². The summed E-state index contributed by atoms with van der Waals surface area (Å²) in [5.41, 5.74) is 0.0315. The van der Waals surface area contributed by atoms with Gasteiger partial charge >= 0.3 is 5.69 Å². The number of halogens is 1. The summed E-state index contributed by atoms with van der Waals surface area (Å²) in [5, 5.41) is 21.3. The van der Waals surface area contributed by atoms with Crippen molar-refractivity contribution in [3.63, 3.8) is 0 Å². The Morgan fingerprint density at radius 1 is 1.30 bits per heavy atom. The third kappa shape index (κ3) is 2.01. The molecule has 0 bridgehead atoms. The van der Waals surface area contributed by atoms with Crippen LogP contribution in [0.2, 0.25) is 5.02 Å². The standard InChI is InChI=1S/C11H6ClN5O3/c12-6-5-7(14-8-3-1-2-4-13-8)11(17(18)19)10-9(6)15-20-16-10/h1-5H,(H,13,14). The molecule has 0 saturated heterocycles. The Balaban J connectivity index is 2.19. The molecular formula is C11H6ClN5O3. The highest BCUT2D eigenvalue weighted by atomic mass is 35.5. The summed E-state index contributed by atoms with van der Waals surface area (Å²) in [6.07, 6.45) is 1.56. The van der Waals surface area contributed by atoms with Gasteiger partial charge in [-0.05, 0) is 28.5 Å². The normalized spacial score (nSPS) is 10.7. The highest BCUT2D eigenvalue weighted by molar-refractivity contribution is 6.35. The summed E-state index contributed by atoms with van der Waals surface area (Å²) in [5.74, 6) is 0.447. The zero-order valence-corrected chi connectivity index (χ0v) is 10.5. The van der Waals surface area contributed by atoms with E-state index in [1.54, 1.807) is 24.4 Å². The number of nitrogens with one attached hydrogen (secondary N) is 1. The quantitative estimate of drug-likeness (QED) is 0.584. The fourth-order valence-corrected chi connectivity index (χ4v) is 1.98. The van der Waals surface area contributed by atoms with E-state index in [9.17, 15) is 10.1 Å². The minimum absolute atomic E-state index is 0.0130. The van der Waals surface area contributed by atoms with Crippen LogP contribution in [0.3, 0.4) is 0 Å². The number of rotatable bonds is 3. The van der Waals surface area contributed by atoms with Crippen molar-refractivity contribution in [3.8, 4) is 0 Å². The van der Waals surface area contributed by atoms with Crippen molar-refractivity contribution >= 4 is 39.8 Å². The Morgan fingerprint density at radius 2 is 2.10 bits per heavy atom. The molecule has 0 aliphatic heterocycles. The molecule has 0 spiro atoms. The lowest BCUT2D eigenvalue weighted by Gasteiger charge is -2.06. The Hall–Kier alpha value is -2.74. The molecule has 0 fully saturated rings. The molecule has 0 amide bonds. The zero-order valence-electron chi connectivity index (χ0n) is 9.78. The lowest BCUT2D eigenvalue weighted by Crippen LogP contribution is -1.99. The van der Waals surface area contributed by atoms with Crippen LogP contribution in [0.25, 0.3) is 11.0 Å². The molecule has 2 heterocycles. The fraction of sp³-hybridized carbons (Fsp3) is 0. The number of benzene rings is 1. The fourth-order valence-electron chi connectivity index (χ4n) is 1.75. The molecule has 1 N–H and O–H groups in total. The van der Waals surface area contributed by atoms with Crippen molar-refractivity contribution in [1.29, 1.82) is 0 Å². The van der Waals surface area contributed by atoms with Crippen LogP contribution >= 0.6 is 11.6 Å². The number of nitro benzene ring substituents is 1. The minimum Gasteiger partial charge on any atom is -0.335 e. The van der Waals surface area contributed by atoms with Crippen LogP contribution in [0.5, 0.6) is 0 Å². The maximum absolute atomic E-state index is 11.2. The topological polar surface area (TPSA) is 107 Å². The van der Waals surface area contributed by atoms with Gasteiger partial charge in [-0.2, -0.15) is 0 Å². The highest BCUT2D eigenvalue weighted by Gasteiger charge is 2.25. The van der Waals surface area contributed by atoms with E-state index >= 15 is 0 Å². The van der Waals surface area contributed by atoms with Gasteiger partial charge in [0.1, 0.15) is 11.5 Å². The van der Waals surface area contributed by atoms with Crippen LogP contribution in [0, 0.1) is 10.1 Å². The molecule has 0 atom stereocenters. The maximum Gasteiger partial charge on any atom is 0.324 e. The van der Waals surface area contributed by atoms with Crippen LogP contribution in [0.4, 0.5) is 17.2 Å². The first-order chi connectivity index (χ1) is 9.66. The molecule has 3 rings (SSSR count). The lowest BCUT2D eigenvalue weighted by atomic mass is 10.2. The summed E-state index contributed by atoms with van der Waals surface area (Å²) >= 11 is 6.00. The second kappa shape index (κ2) is 4.74. The van der Waals surface area contributed by atoms with E-state index in [0.717, 1.165) is 0 Å². The van der Waals surface area contributed by atoms with Crippen molar-refractivity contribution in [3.05, 3.63) is 45.6 Å². The van der Waals surface area contributed by atoms with Gasteiger partial charge in [0.2, 0.25) is 5.52 Å². The summed E-state index contributed by atoms with van der Waals surface area (Å²) in [4.78, 5) is 14.7. The number of hydrogen-bond acceptors (Lipinski definition) is 7. The molecule has 0 radical (unpaired) electrons. The second-order valence-corrected chi connectivity index (χ2v) is 4.22. The molecule has 9 heteroatoms. The molecule has 0 saturated carbocycles. The van der Waals surface area contributed by atoms with E-state index in [1.165, 1.54) is 6.07 Å². The molecule has 3 aromatic rings. The molecule has 1 aromatic carbocycles. The smallest absolute Gasteiger partial charge is 0.324 e.